The summed E-state index contributed by atoms with van der Waals surface area (Å²) < 4.78 is 0.211. The van der Waals surface area contributed by atoms with Crippen molar-refractivity contribution in [2.45, 2.75) is 31.6 Å². The minimum Gasteiger partial charge on any atom is -0.323 e. The van der Waals surface area contributed by atoms with Gasteiger partial charge in [0.25, 0.3) is 0 Å². The number of hydrogen-bond acceptors (Lipinski definition) is 2. The molecule has 1 nitrogen and oxygen atoms in total. The van der Waals surface area contributed by atoms with Crippen molar-refractivity contribution < 1.29 is 0 Å². The van der Waals surface area contributed by atoms with E-state index < -0.39 is 0 Å². The molecule has 0 radical (unpaired) electrons. The van der Waals surface area contributed by atoms with Crippen LogP contribution in [0.25, 0.3) is 0 Å². The highest BCUT2D eigenvalue weighted by Gasteiger charge is 2.16. The van der Waals surface area contributed by atoms with Gasteiger partial charge in [-0.3, -0.25) is 0 Å². The number of benzene rings is 1. The second kappa shape index (κ2) is 5.63. The van der Waals surface area contributed by atoms with Crippen molar-refractivity contribution in [1.82, 2.24) is 0 Å². The Morgan fingerprint density at radius 1 is 1.31 bits per heavy atom. The molecule has 0 heterocycles. The van der Waals surface area contributed by atoms with Crippen LogP contribution in [0.15, 0.2) is 18.2 Å². The highest BCUT2D eigenvalue weighted by molar-refractivity contribution is 8.00. The van der Waals surface area contributed by atoms with Crippen LogP contribution in [-0.4, -0.2) is 10.5 Å². The molecule has 0 spiro atoms. The smallest absolute Gasteiger partial charge is 0.0455 e. The van der Waals surface area contributed by atoms with E-state index in [0.717, 1.165) is 11.3 Å². The first-order valence-corrected chi connectivity index (χ1v) is 6.88. The molecule has 0 saturated heterocycles. The molecule has 1 atom stereocenters. The lowest BCUT2D eigenvalue weighted by Crippen LogP contribution is -2.18. The number of thioether (sulfide) groups is 1. The first kappa shape index (κ1) is 14.2. The van der Waals surface area contributed by atoms with Gasteiger partial charge in [-0.1, -0.05) is 44.0 Å². The largest absolute Gasteiger partial charge is 0.323 e. The van der Waals surface area contributed by atoms with Crippen molar-refractivity contribution in [2.24, 2.45) is 5.73 Å². The van der Waals surface area contributed by atoms with E-state index in [1.165, 1.54) is 0 Å². The molecule has 2 N–H and O–H groups in total. The Morgan fingerprint density at radius 2 is 1.94 bits per heavy atom. The molecule has 4 heteroatoms. The predicted molar refractivity (Wildman–Crippen MR) is 75.6 cm³/mol. The fraction of sp³-hybridized carbons (Fsp3) is 0.500. The molecular formula is C12H17Cl2NS. The van der Waals surface area contributed by atoms with Gasteiger partial charge in [-0.15, -0.1) is 0 Å². The molecule has 0 aliphatic carbocycles. The molecule has 0 aromatic heterocycles. The van der Waals surface area contributed by atoms with Crippen LogP contribution in [0.1, 0.15) is 32.4 Å². The van der Waals surface area contributed by atoms with Crippen molar-refractivity contribution in [3.8, 4) is 0 Å². The van der Waals surface area contributed by atoms with E-state index in [4.69, 9.17) is 28.9 Å². The highest BCUT2D eigenvalue weighted by atomic mass is 35.5. The maximum Gasteiger partial charge on any atom is 0.0455 e. The topological polar surface area (TPSA) is 26.0 Å². The van der Waals surface area contributed by atoms with Gasteiger partial charge >= 0.3 is 0 Å². The van der Waals surface area contributed by atoms with Gasteiger partial charge in [-0.2, -0.15) is 11.8 Å². The van der Waals surface area contributed by atoms with Crippen LogP contribution in [0, 0.1) is 0 Å². The first-order chi connectivity index (χ1) is 7.29. The number of rotatable bonds is 3. The normalized spacial score (nSPS) is 13.9. The third-order valence-electron chi connectivity index (χ3n) is 2.05. The molecule has 1 unspecified atom stereocenters. The fourth-order valence-electron chi connectivity index (χ4n) is 1.23. The minimum atomic E-state index is -0.0737. The van der Waals surface area contributed by atoms with Gasteiger partial charge in [0.05, 0.1) is 0 Å². The van der Waals surface area contributed by atoms with Crippen LogP contribution >= 0.6 is 35.0 Å². The Kier molecular flexibility index (Phi) is 4.99. The van der Waals surface area contributed by atoms with Crippen LogP contribution in [0.4, 0.5) is 0 Å². The summed E-state index contributed by atoms with van der Waals surface area (Å²) in [6, 6.07) is 5.34. The molecule has 0 aliphatic heterocycles. The van der Waals surface area contributed by atoms with Crippen LogP contribution in [0.2, 0.25) is 10.0 Å². The molecule has 90 valence electrons. The Morgan fingerprint density at radius 3 is 2.50 bits per heavy atom. The summed E-state index contributed by atoms with van der Waals surface area (Å²) in [6.45, 7) is 6.51. The standard InChI is InChI=1S/C12H17Cl2NS/c1-12(2,3)16-7-11(15)9-6-8(13)4-5-10(9)14/h4-6,11H,7,15H2,1-3H3. The van der Waals surface area contributed by atoms with Crippen molar-refractivity contribution in [3.05, 3.63) is 33.8 Å². The lowest BCUT2D eigenvalue weighted by molar-refractivity contribution is 0.779. The number of halogens is 2. The molecule has 0 saturated carbocycles. The average molecular weight is 278 g/mol. The van der Waals surface area contributed by atoms with E-state index in [0.29, 0.717) is 10.0 Å². The van der Waals surface area contributed by atoms with E-state index in [1.807, 2.05) is 17.8 Å². The zero-order valence-corrected chi connectivity index (χ0v) is 12.1. The second-order valence-corrected chi connectivity index (χ2v) is 7.39. The molecule has 0 fully saturated rings. The zero-order chi connectivity index (χ0) is 12.3. The van der Waals surface area contributed by atoms with Crippen LogP contribution in [0.5, 0.6) is 0 Å². The van der Waals surface area contributed by atoms with E-state index in [2.05, 4.69) is 20.8 Å². The minimum absolute atomic E-state index is 0.0737. The monoisotopic (exact) mass is 277 g/mol. The third-order valence-corrected chi connectivity index (χ3v) is 4.02. The van der Waals surface area contributed by atoms with Gasteiger partial charge in [0.1, 0.15) is 0 Å². The molecule has 1 aromatic rings. The summed E-state index contributed by atoms with van der Waals surface area (Å²) in [5.41, 5.74) is 7.03. The van der Waals surface area contributed by atoms with E-state index >= 15 is 0 Å². The molecular weight excluding hydrogens is 261 g/mol. The van der Waals surface area contributed by atoms with Gasteiger partial charge in [0.2, 0.25) is 0 Å². The lowest BCUT2D eigenvalue weighted by Gasteiger charge is -2.21. The second-order valence-electron chi connectivity index (χ2n) is 4.70. The summed E-state index contributed by atoms with van der Waals surface area (Å²) in [5.74, 6) is 0.837. The van der Waals surface area contributed by atoms with Gasteiger partial charge < -0.3 is 5.73 Å². The Hall–Kier alpha value is 0.110. The highest BCUT2D eigenvalue weighted by Crippen LogP contribution is 2.31. The van der Waals surface area contributed by atoms with E-state index in [-0.39, 0.29) is 10.8 Å². The van der Waals surface area contributed by atoms with Gasteiger partial charge in [0.15, 0.2) is 0 Å². The number of nitrogens with two attached hydrogens (primary N) is 1. The predicted octanol–water partition coefficient (Wildman–Crippen LogP) is 4.52. The lowest BCUT2D eigenvalue weighted by atomic mass is 10.1. The number of hydrogen-bond donors (Lipinski definition) is 1. The van der Waals surface area contributed by atoms with Crippen molar-refractivity contribution in [3.63, 3.8) is 0 Å². The molecule has 1 aromatic carbocycles. The molecule has 0 bridgehead atoms. The quantitative estimate of drug-likeness (QED) is 0.879. The van der Waals surface area contributed by atoms with Crippen LogP contribution in [-0.2, 0) is 0 Å². The fourth-order valence-corrected chi connectivity index (χ4v) is 2.53. The summed E-state index contributed by atoms with van der Waals surface area (Å²) in [4.78, 5) is 0. The Bertz CT molecular complexity index is 361. The summed E-state index contributed by atoms with van der Waals surface area (Å²) in [5, 5.41) is 1.36. The van der Waals surface area contributed by atoms with Gasteiger partial charge in [-0.25, -0.2) is 0 Å². The molecule has 0 aliphatic rings. The van der Waals surface area contributed by atoms with Crippen LogP contribution in [0.3, 0.4) is 0 Å². The van der Waals surface area contributed by atoms with E-state index in [1.54, 1.807) is 12.1 Å². The SMILES string of the molecule is CC(C)(C)SCC(N)c1cc(Cl)ccc1Cl. The Labute approximate surface area is 112 Å². The summed E-state index contributed by atoms with van der Waals surface area (Å²) >= 11 is 13.8. The molecule has 1 rings (SSSR count). The molecule has 0 amide bonds. The molecule has 16 heavy (non-hydrogen) atoms. The van der Waals surface area contributed by atoms with Crippen LogP contribution < -0.4 is 5.73 Å². The zero-order valence-electron chi connectivity index (χ0n) is 9.76. The van der Waals surface area contributed by atoms with Crippen molar-refractivity contribution in [1.29, 1.82) is 0 Å². The Balaban J connectivity index is 2.73. The summed E-state index contributed by atoms with van der Waals surface area (Å²) in [7, 11) is 0. The van der Waals surface area contributed by atoms with Gasteiger partial charge in [-0.05, 0) is 23.8 Å². The average Bonchev–Trinajstić information content (AvgIpc) is 2.17. The van der Waals surface area contributed by atoms with E-state index in [9.17, 15) is 0 Å². The third kappa shape index (κ3) is 4.54. The maximum atomic E-state index is 6.11. The summed E-state index contributed by atoms with van der Waals surface area (Å²) in [6.07, 6.45) is 0. The maximum absolute atomic E-state index is 6.11. The van der Waals surface area contributed by atoms with Crippen molar-refractivity contribution in [2.75, 3.05) is 5.75 Å². The van der Waals surface area contributed by atoms with Crippen molar-refractivity contribution >= 4 is 35.0 Å². The van der Waals surface area contributed by atoms with Gasteiger partial charge in [0, 0.05) is 26.6 Å². The first-order valence-electron chi connectivity index (χ1n) is 5.14.